The van der Waals surface area contributed by atoms with Gasteiger partial charge in [-0.1, -0.05) is 25.4 Å². The summed E-state index contributed by atoms with van der Waals surface area (Å²) < 4.78 is 4.86. The van der Waals surface area contributed by atoms with Gasteiger partial charge in [-0.3, -0.25) is 9.69 Å². The molecule has 29 heavy (non-hydrogen) atoms. The number of likely N-dealkylation sites (tertiary alicyclic amines) is 1. The molecule has 1 aliphatic heterocycles. The van der Waals surface area contributed by atoms with Crippen molar-refractivity contribution in [3.8, 4) is 0 Å². The normalized spacial score (nSPS) is 23.3. The highest BCUT2D eigenvalue weighted by Gasteiger charge is 2.42. The van der Waals surface area contributed by atoms with Crippen molar-refractivity contribution in [2.24, 2.45) is 11.3 Å². The SMILES string of the molecule is COC(=O)c1[nH]c2ccc(Cl)cc2c1NC(=O)CCN1C[C@@H]2C[C@@H]1CC(C)(C)C2. The second-order valence-corrected chi connectivity index (χ2v) is 9.61. The van der Waals surface area contributed by atoms with E-state index in [0.717, 1.165) is 24.5 Å². The summed E-state index contributed by atoms with van der Waals surface area (Å²) in [5.41, 5.74) is 1.78. The summed E-state index contributed by atoms with van der Waals surface area (Å²) >= 11 is 6.12. The van der Waals surface area contributed by atoms with Gasteiger partial charge in [0.15, 0.2) is 0 Å². The molecule has 7 heteroatoms. The number of rotatable bonds is 5. The molecule has 0 unspecified atom stereocenters. The maximum Gasteiger partial charge on any atom is 0.356 e. The standard InChI is InChI=1S/C22H28ClN3O3/c1-22(2)10-13-8-15(11-22)26(12-13)7-6-18(27)25-19-16-9-14(23)4-5-17(16)24-20(19)21(28)29-3/h4-5,9,13,15,24H,6-8,10-12H2,1-3H3,(H,25,27)/t13-,15-/m1/s1. The van der Waals surface area contributed by atoms with Crippen molar-refractivity contribution in [1.82, 2.24) is 9.88 Å². The van der Waals surface area contributed by atoms with Crippen molar-refractivity contribution >= 4 is 40.1 Å². The van der Waals surface area contributed by atoms with E-state index in [1.807, 2.05) is 0 Å². The number of hydrogen-bond donors (Lipinski definition) is 2. The molecule has 2 bridgehead atoms. The molecule has 1 saturated carbocycles. The predicted octanol–water partition coefficient (Wildman–Crippen LogP) is 4.45. The maximum atomic E-state index is 12.7. The minimum atomic E-state index is -0.525. The Morgan fingerprint density at radius 1 is 1.34 bits per heavy atom. The van der Waals surface area contributed by atoms with Gasteiger partial charge in [-0.15, -0.1) is 0 Å². The Bertz CT molecular complexity index is 952. The van der Waals surface area contributed by atoms with Crippen LogP contribution in [0.2, 0.25) is 5.02 Å². The zero-order chi connectivity index (χ0) is 20.8. The minimum absolute atomic E-state index is 0.114. The zero-order valence-corrected chi connectivity index (χ0v) is 17.9. The van der Waals surface area contributed by atoms with Gasteiger partial charge < -0.3 is 15.0 Å². The molecular formula is C22H28ClN3O3. The average Bonchev–Trinajstić information content (AvgIpc) is 3.15. The third-order valence-electron chi connectivity index (χ3n) is 6.28. The van der Waals surface area contributed by atoms with Gasteiger partial charge in [-0.25, -0.2) is 4.79 Å². The molecule has 1 aliphatic carbocycles. The Kier molecular flexibility index (Phi) is 5.34. The first-order valence-electron chi connectivity index (χ1n) is 10.2. The molecule has 2 N–H and O–H groups in total. The molecular weight excluding hydrogens is 390 g/mol. The largest absolute Gasteiger partial charge is 0.464 e. The van der Waals surface area contributed by atoms with Crippen LogP contribution in [0.1, 0.15) is 50.0 Å². The van der Waals surface area contributed by atoms with E-state index in [1.165, 1.54) is 26.4 Å². The summed E-state index contributed by atoms with van der Waals surface area (Å²) in [5, 5.41) is 4.16. The molecule has 156 valence electrons. The van der Waals surface area contributed by atoms with Crippen molar-refractivity contribution in [1.29, 1.82) is 0 Å². The van der Waals surface area contributed by atoms with Crippen molar-refractivity contribution in [3.05, 3.63) is 28.9 Å². The molecule has 2 atom stereocenters. The van der Waals surface area contributed by atoms with E-state index < -0.39 is 5.97 Å². The van der Waals surface area contributed by atoms with Crippen molar-refractivity contribution < 1.29 is 14.3 Å². The summed E-state index contributed by atoms with van der Waals surface area (Å²) in [4.78, 5) is 30.4. The Hall–Kier alpha value is -2.05. The van der Waals surface area contributed by atoms with Crippen LogP contribution in [0, 0.1) is 11.3 Å². The lowest BCUT2D eigenvalue weighted by Gasteiger charge is -2.35. The Morgan fingerprint density at radius 3 is 2.90 bits per heavy atom. The van der Waals surface area contributed by atoms with Gasteiger partial charge in [0.05, 0.1) is 12.8 Å². The van der Waals surface area contributed by atoms with Crippen molar-refractivity contribution in [2.45, 2.75) is 45.6 Å². The molecule has 1 saturated heterocycles. The topological polar surface area (TPSA) is 74.4 Å². The number of halogens is 1. The van der Waals surface area contributed by atoms with E-state index in [9.17, 15) is 9.59 Å². The number of amides is 1. The van der Waals surface area contributed by atoms with Crippen LogP contribution in [0.3, 0.4) is 0 Å². The smallest absolute Gasteiger partial charge is 0.356 e. The number of benzene rings is 1. The van der Waals surface area contributed by atoms with Crippen molar-refractivity contribution in [2.75, 3.05) is 25.5 Å². The van der Waals surface area contributed by atoms with E-state index in [2.05, 4.69) is 29.0 Å². The fourth-order valence-corrected chi connectivity index (χ4v) is 5.39. The van der Waals surface area contributed by atoms with E-state index in [0.29, 0.717) is 34.0 Å². The van der Waals surface area contributed by atoms with Crippen LogP contribution in [-0.4, -0.2) is 48.0 Å². The molecule has 4 rings (SSSR count). The lowest BCUT2D eigenvalue weighted by molar-refractivity contribution is -0.116. The first-order chi connectivity index (χ1) is 13.8. The first kappa shape index (κ1) is 20.2. The quantitative estimate of drug-likeness (QED) is 0.705. The molecule has 1 amide bonds. The van der Waals surface area contributed by atoms with Gasteiger partial charge in [0.25, 0.3) is 0 Å². The Morgan fingerprint density at radius 2 is 2.14 bits per heavy atom. The van der Waals surface area contributed by atoms with E-state index >= 15 is 0 Å². The van der Waals surface area contributed by atoms with Gasteiger partial charge in [0, 0.05) is 41.5 Å². The zero-order valence-electron chi connectivity index (χ0n) is 17.2. The van der Waals surface area contributed by atoms with Gasteiger partial charge in [0.2, 0.25) is 5.91 Å². The second-order valence-electron chi connectivity index (χ2n) is 9.18. The molecule has 0 radical (unpaired) electrons. The summed E-state index contributed by atoms with van der Waals surface area (Å²) in [6.07, 6.45) is 4.10. The van der Waals surface area contributed by atoms with Crippen LogP contribution in [0.25, 0.3) is 10.9 Å². The van der Waals surface area contributed by atoms with E-state index in [1.54, 1.807) is 18.2 Å². The molecule has 2 heterocycles. The number of methoxy groups -OCH3 is 1. The number of esters is 1. The molecule has 1 aromatic carbocycles. The number of carbonyl (C=O) groups is 2. The van der Waals surface area contributed by atoms with Crippen LogP contribution in [0.5, 0.6) is 0 Å². The third kappa shape index (κ3) is 4.14. The van der Waals surface area contributed by atoms with E-state index in [4.69, 9.17) is 16.3 Å². The van der Waals surface area contributed by atoms with Crippen LogP contribution < -0.4 is 5.32 Å². The molecule has 1 aromatic heterocycles. The third-order valence-corrected chi connectivity index (χ3v) is 6.52. The van der Waals surface area contributed by atoms with Crippen LogP contribution in [-0.2, 0) is 9.53 Å². The number of ether oxygens (including phenoxy) is 1. The summed E-state index contributed by atoms with van der Waals surface area (Å²) in [7, 11) is 1.32. The maximum absolute atomic E-state index is 12.7. The fraction of sp³-hybridized carbons (Fsp3) is 0.545. The minimum Gasteiger partial charge on any atom is -0.464 e. The molecule has 0 spiro atoms. The monoisotopic (exact) mass is 417 g/mol. The van der Waals surface area contributed by atoms with Gasteiger partial charge in [-0.05, 0) is 48.8 Å². The summed E-state index contributed by atoms with van der Waals surface area (Å²) in [5.74, 6) is 0.105. The fourth-order valence-electron chi connectivity index (χ4n) is 5.22. The van der Waals surface area contributed by atoms with Crippen LogP contribution >= 0.6 is 11.6 Å². The number of carbonyl (C=O) groups excluding carboxylic acids is 2. The number of anilines is 1. The number of nitrogens with zero attached hydrogens (tertiary/aromatic N) is 1. The number of nitrogens with one attached hydrogen (secondary N) is 2. The van der Waals surface area contributed by atoms with Gasteiger partial charge >= 0.3 is 5.97 Å². The van der Waals surface area contributed by atoms with Gasteiger partial charge in [0.1, 0.15) is 5.69 Å². The van der Waals surface area contributed by atoms with Crippen molar-refractivity contribution in [3.63, 3.8) is 0 Å². The lowest BCUT2D eigenvalue weighted by Crippen LogP contribution is -2.35. The predicted molar refractivity (Wildman–Crippen MR) is 114 cm³/mol. The molecule has 2 fully saturated rings. The number of fused-ring (bicyclic) bond motifs is 3. The summed E-state index contributed by atoms with van der Waals surface area (Å²) in [6, 6.07) is 5.83. The van der Waals surface area contributed by atoms with Crippen LogP contribution in [0.4, 0.5) is 5.69 Å². The highest BCUT2D eigenvalue weighted by atomic mass is 35.5. The number of hydrogen-bond acceptors (Lipinski definition) is 4. The number of aromatic nitrogens is 1. The highest BCUT2D eigenvalue weighted by Crippen LogP contribution is 2.45. The Balaban J connectivity index is 1.47. The van der Waals surface area contributed by atoms with E-state index in [-0.39, 0.29) is 11.6 Å². The summed E-state index contributed by atoms with van der Waals surface area (Å²) in [6.45, 7) is 6.51. The lowest BCUT2D eigenvalue weighted by atomic mass is 9.72. The van der Waals surface area contributed by atoms with Gasteiger partial charge in [-0.2, -0.15) is 0 Å². The highest BCUT2D eigenvalue weighted by molar-refractivity contribution is 6.31. The molecule has 2 aliphatic rings. The molecule has 2 aromatic rings. The first-order valence-corrected chi connectivity index (χ1v) is 10.6. The average molecular weight is 418 g/mol. The number of H-pyrrole nitrogens is 1. The Labute approximate surface area is 175 Å². The van der Waals surface area contributed by atoms with Crippen LogP contribution in [0.15, 0.2) is 18.2 Å². The second kappa shape index (κ2) is 7.65. The molecule has 6 nitrogen and oxygen atoms in total. The number of aromatic amines is 1.